The van der Waals surface area contributed by atoms with Crippen LogP contribution in [0.5, 0.6) is 0 Å². The molecule has 1 amide bonds. The van der Waals surface area contributed by atoms with Gasteiger partial charge in [-0.05, 0) is 38.5 Å². The SMILES string of the molecule is CCC[C@@H](C)NC(=O)[C@H](C)N(c1cccc(Cl)c1)S(C)(=O)=O. The van der Waals surface area contributed by atoms with E-state index in [0.29, 0.717) is 10.7 Å². The third kappa shape index (κ3) is 5.18. The number of rotatable bonds is 7. The summed E-state index contributed by atoms with van der Waals surface area (Å²) in [7, 11) is -3.61. The van der Waals surface area contributed by atoms with Crippen LogP contribution in [0.2, 0.25) is 5.02 Å². The Hall–Kier alpha value is -1.27. The number of anilines is 1. The Morgan fingerprint density at radius 3 is 2.50 bits per heavy atom. The number of halogens is 1. The lowest BCUT2D eigenvalue weighted by Crippen LogP contribution is -2.49. The van der Waals surface area contributed by atoms with Gasteiger partial charge in [0, 0.05) is 11.1 Å². The average Bonchev–Trinajstić information content (AvgIpc) is 2.37. The maximum atomic E-state index is 12.3. The fourth-order valence-corrected chi connectivity index (χ4v) is 3.64. The van der Waals surface area contributed by atoms with Crippen LogP contribution in [0.1, 0.15) is 33.6 Å². The van der Waals surface area contributed by atoms with Crippen LogP contribution in [-0.2, 0) is 14.8 Å². The molecule has 2 atom stereocenters. The highest BCUT2D eigenvalue weighted by atomic mass is 35.5. The minimum absolute atomic E-state index is 0.000668. The monoisotopic (exact) mass is 346 g/mol. The summed E-state index contributed by atoms with van der Waals surface area (Å²) < 4.78 is 25.3. The first kappa shape index (κ1) is 18.8. The number of nitrogens with zero attached hydrogens (tertiary/aromatic N) is 1. The van der Waals surface area contributed by atoms with Gasteiger partial charge in [0.05, 0.1) is 11.9 Å². The van der Waals surface area contributed by atoms with Crippen molar-refractivity contribution in [2.75, 3.05) is 10.6 Å². The molecule has 0 heterocycles. The predicted octanol–water partition coefficient (Wildman–Crippen LogP) is 2.80. The summed E-state index contributed by atoms with van der Waals surface area (Å²) in [5, 5.41) is 3.25. The molecule has 0 unspecified atom stereocenters. The van der Waals surface area contributed by atoms with Crippen LogP contribution in [0.15, 0.2) is 24.3 Å². The summed E-state index contributed by atoms with van der Waals surface area (Å²) in [6, 6.07) is 5.60. The minimum Gasteiger partial charge on any atom is -0.352 e. The van der Waals surface area contributed by atoms with Crippen LogP contribution in [0.3, 0.4) is 0 Å². The number of sulfonamides is 1. The fraction of sp³-hybridized carbons (Fsp3) is 0.533. The van der Waals surface area contributed by atoms with Crippen molar-refractivity contribution in [3.8, 4) is 0 Å². The van der Waals surface area contributed by atoms with Gasteiger partial charge in [-0.3, -0.25) is 9.10 Å². The molecule has 22 heavy (non-hydrogen) atoms. The molecular formula is C15H23ClN2O3S. The van der Waals surface area contributed by atoms with Gasteiger partial charge in [0.2, 0.25) is 15.9 Å². The Bertz CT molecular complexity index is 619. The number of nitrogens with one attached hydrogen (secondary N) is 1. The van der Waals surface area contributed by atoms with Gasteiger partial charge >= 0.3 is 0 Å². The second kappa shape index (κ2) is 7.83. The Morgan fingerprint density at radius 1 is 1.36 bits per heavy atom. The van der Waals surface area contributed by atoms with E-state index >= 15 is 0 Å². The van der Waals surface area contributed by atoms with Gasteiger partial charge in [-0.1, -0.05) is 31.0 Å². The van der Waals surface area contributed by atoms with Crippen molar-refractivity contribution in [1.29, 1.82) is 0 Å². The smallest absolute Gasteiger partial charge is 0.243 e. The molecule has 0 aromatic heterocycles. The minimum atomic E-state index is -3.61. The first-order valence-electron chi connectivity index (χ1n) is 7.22. The summed E-state index contributed by atoms with van der Waals surface area (Å²) in [6.45, 7) is 5.50. The Morgan fingerprint density at radius 2 is 2.00 bits per heavy atom. The lowest BCUT2D eigenvalue weighted by molar-refractivity contribution is -0.122. The molecule has 1 aromatic carbocycles. The summed E-state index contributed by atoms with van der Waals surface area (Å²) >= 11 is 5.93. The molecule has 124 valence electrons. The van der Waals surface area contributed by atoms with Gasteiger partial charge in [-0.2, -0.15) is 0 Å². The Kier molecular flexibility index (Phi) is 6.68. The maximum Gasteiger partial charge on any atom is 0.243 e. The van der Waals surface area contributed by atoms with Crippen molar-refractivity contribution < 1.29 is 13.2 Å². The van der Waals surface area contributed by atoms with Crippen LogP contribution >= 0.6 is 11.6 Å². The summed E-state index contributed by atoms with van der Waals surface area (Å²) in [4.78, 5) is 12.3. The van der Waals surface area contributed by atoms with E-state index in [4.69, 9.17) is 11.6 Å². The average molecular weight is 347 g/mol. The number of amides is 1. The zero-order valence-corrected chi connectivity index (χ0v) is 14.9. The fourth-order valence-electron chi connectivity index (χ4n) is 2.29. The highest BCUT2D eigenvalue weighted by Gasteiger charge is 2.29. The van der Waals surface area contributed by atoms with Crippen LogP contribution in [0, 0.1) is 0 Å². The van der Waals surface area contributed by atoms with Crippen LogP contribution in [-0.4, -0.2) is 32.7 Å². The molecular weight excluding hydrogens is 324 g/mol. The Labute approximate surface area is 137 Å². The third-order valence-corrected chi connectivity index (χ3v) is 4.74. The topological polar surface area (TPSA) is 66.5 Å². The second-order valence-electron chi connectivity index (χ2n) is 5.41. The van der Waals surface area contributed by atoms with Crippen LogP contribution < -0.4 is 9.62 Å². The molecule has 0 aliphatic carbocycles. The van der Waals surface area contributed by atoms with Gasteiger partial charge in [0.25, 0.3) is 0 Å². The lowest BCUT2D eigenvalue weighted by atomic mass is 10.2. The van der Waals surface area contributed by atoms with Crippen molar-refractivity contribution in [3.63, 3.8) is 0 Å². The molecule has 5 nitrogen and oxygen atoms in total. The van der Waals surface area contributed by atoms with Gasteiger partial charge in [-0.25, -0.2) is 8.42 Å². The van der Waals surface area contributed by atoms with Crippen molar-refractivity contribution >= 4 is 33.2 Å². The second-order valence-corrected chi connectivity index (χ2v) is 7.71. The highest BCUT2D eigenvalue weighted by molar-refractivity contribution is 7.92. The summed E-state index contributed by atoms with van der Waals surface area (Å²) in [5.41, 5.74) is 0.376. The molecule has 0 saturated heterocycles. The van der Waals surface area contributed by atoms with E-state index in [-0.39, 0.29) is 11.9 Å². The summed E-state index contributed by atoms with van der Waals surface area (Å²) in [5.74, 6) is -0.327. The van der Waals surface area contributed by atoms with Crippen LogP contribution in [0.4, 0.5) is 5.69 Å². The van der Waals surface area contributed by atoms with Crippen LogP contribution in [0.25, 0.3) is 0 Å². The number of hydrogen-bond acceptors (Lipinski definition) is 3. The molecule has 1 rings (SSSR count). The predicted molar refractivity (Wildman–Crippen MR) is 90.7 cm³/mol. The van der Waals surface area contributed by atoms with Crippen molar-refractivity contribution in [3.05, 3.63) is 29.3 Å². The molecule has 0 spiro atoms. The third-order valence-electron chi connectivity index (χ3n) is 3.26. The molecule has 1 aromatic rings. The van der Waals surface area contributed by atoms with Gasteiger partial charge in [-0.15, -0.1) is 0 Å². The number of hydrogen-bond donors (Lipinski definition) is 1. The molecule has 0 aliphatic rings. The van der Waals surface area contributed by atoms with E-state index < -0.39 is 16.1 Å². The molecule has 1 N–H and O–H groups in total. The van der Waals surface area contributed by atoms with E-state index in [2.05, 4.69) is 5.32 Å². The zero-order valence-electron chi connectivity index (χ0n) is 13.3. The zero-order chi connectivity index (χ0) is 16.9. The van der Waals surface area contributed by atoms with Gasteiger partial charge < -0.3 is 5.32 Å². The molecule has 0 bridgehead atoms. The first-order chi connectivity index (χ1) is 10.2. The van der Waals surface area contributed by atoms with Crippen molar-refractivity contribution in [2.45, 2.75) is 45.7 Å². The lowest BCUT2D eigenvalue weighted by Gasteiger charge is -2.29. The van der Waals surface area contributed by atoms with E-state index in [1.54, 1.807) is 25.1 Å². The van der Waals surface area contributed by atoms with Gasteiger partial charge in [0.15, 0.2) is 0 Å². The highest BCUT2D eigenvalue weighted by Crippen LogP contribution is 2.24. The van der Waals surface area contributed by atoms with Gasteiger partial charge in [0.1, 0.15) is 6.04 Å². The molecule has 0 radical (unpaired) electrons. The van der Waals surface area contributed by atoms with E-state index in [1.807, 2.05) is 13.8 Å². The number of carbonyl (C=O) groups excluding carboxylic acids is 1. The van der Waals surface area contributed by atoms with E-state index in [0.717, 1.165) is 23.4 Å². The number of benzene rings is 1. The van der Waals surface area contributed by atoms with E-state index in [1.165, 1.54) is 6.07 Å². The van der Waals surface area contributed by atoms with E-state index in [9.17, 15) is 13.2 Å². The number of carbonyl (C=O) groups is 1. The maximum absolute atomic E-state index is 12.3. The quantitative estimate of drug-likeness (QED) is 0.825. The normalized spacial score (nSPS) is 14.2. The standard InChI is InChI=1S/C15H23ClN2O3S/c1-5-7-11(2)17-15(19)12(3)18(22(4,20)21)14-9-6-8-13(16)10-14/h6,8-12H,5,7H2,1-4H3,(H,17,19)/t11-,12+/m1/s1. The largest absolute Gasteiger partial charge is 0.352 e. The summed E-state index contributed by atoms with van der Waals surface area (Å²) in [6.07, 6.45) is 2.86. The first-order valence-corrected chi connectivity index (χ1v) is 9.44. The molecule has 0 saturated carbocycles. The van der Waals surface area contributed by atoms with Crippen molar-refractivity contribution in [1.82, 2.24) is 5.32 Å². The molecule has 7 heteroatoms. The van der Waals surface area contributed by atoms with Crippen molar-refractivity contribution in [2.24, 2.45) is 0 Å². The molecule has 0 fully saturated rings. The Balaban J connectivity index is 3.05. The molecule has 0 aliphatic heterocycles.